The van der Waals surface area contributed by atoms with Crippen LogP contribution >= 0.6 is 0 Å². The summed E-state index contributed by atoms with van der Waals surface area (Å²) < 4.78 is 0. The molecule has 0 radical (unpaired) electrons. The SMILES string of the molecule is CC(NC(=O)Nc1ccccc1)C(=O)N1CCC(C(=O)O)C1. The van der Waals surface area contributed by atoms with E-state index in [0.717, 1.165) is 0 Å². The van der Waals surface area contributed by atoms with Gasteiger partial charge in [0, 0.05) is 18.8 Å². The maximum atomic E-state index is 12.2. The fourth-order valence-electron chi connectivity index (χ4n) is 2.38. The molecule has 118 valence electrons. The van der Waals surface area contributed by atoms with Gasteiger partial charge in [0.15, 0.2) is 0 Å². The van der Waals surface area contributed by atoms with Crippen LogP contribution in [0.3, 0.4) is 0 Å². The lowest BCUT2D eigenvalue weighted by Crippen LogP contribution is -2.47. The number of urea groups is 1. The smallest absolute Gasteiger partial charge is 0.319 e. The molecule has 1 saturated heterocycles. The van der Waals surface area contributed by atoms with Gasteiger partial charge >= 0.3 is 12.0 Å². The van der Waals surface area contributed by atoms with Crippen LogP contribution in [0.15, 0.2) is 30.3 Å². The van der Waals surface area contributed by atoms with Gasteiger partial charge in [-0.15, -0.1) is 0 Å². The van der Waals surface area contributed by atoms with Gasteiger partial charge in [0.25, 0.3) is 0 Å². The van der Waals surface area contributed by atoms with E-state index >= 15 is 0 Å². The van der Waals surface area contributed by atoms with Crippen LogP contribution in [-0.2, 0) is 9.59 Å². The highest BCUT2D eigenvalue weighted by molar-refractivity contribution is 5.93. The molecule has 0 bridgehead atoms. The van der Waals surface area contributed by atoms with Gasteiger partial charge in [0.1, 0.15) is 6.04 Å². The van der Waals surface area contributed by atoms with E-state index in [1.54, 1.807) is 31.2 Å². The second-order valence-corrected chi connectivity index (χ2v) is 5.29. The molecule has 2 atom stereocenters. The van der Waals surface area contributed by atoms with Crippen molar-refractivity contribution >= 4 is 23.6 Å². The van der Waals surface area contributed by atoms with Crippen LogP contribution in [-0.4, -0.2) is 47.0 Å². The third-order valence-corrected chi connectivity index (χ3v) is 3.60. The molecule has 0 saturated carbocycles. The average Bonchev–Trinajstić information content (AvgIpc) is 2.97. The minimum atomic E-state index is -0.891. The first-order valence-corrected chi connectivity index (χ1v) is 7.11. The summed E-state index contributed by atoms with van der Waals surface area (Å²) in [5.74, 6) is -1.68. The number of hydrogen-bond acceptors (Lipinski definition) is 3. The Morgan fingerprint density at radius 1 is 1.27 bits per heavy atom. The summed E-state index contributed by atoms with van der Waals surface area (Å²) in [5, 5.41) is 14.1. The van der Waals surface area contributed by atoms with E-state index in [0.29, 0.717) is 18.7 Å². The summed E-state index contributed by atoms with van der Waals surface area (Å²) in [6.07, 6.45) is 0.448. The van der Waals surface area contributed by atoms with E-state index in [1.165, 1.54) is 4.90 Å². The molecule has 1 aliphatic heterocycles. The Bertz CT molecular complexity index is 561. The topological polar surface area (TPSA) is 98.7 Å². The first kappa shape index (κ1) is 15.8. The van der Waals surface area contributed by atoms with E-state index in [-0.39, 0.29) is 12.5 Å². The van der Waals surface area contributed by atoms with Crippen molar-refractivity contribution in [2.45, 2.75) is 19.4 Å². The Balaban J connectivity index is 1.84. The largest absolute Gasteiger partial charge is 0.481 e. The summed E-state index contributed by atoms with van der Waals surface area (Å²) in [4.78, 5) is 36.4. The molecule has 1 aromatic carbocycles. The molecule has 0 aliphatic carbocycles. The second-order valence-electron chi connectivity index (χ2n) is 5.29. The van der Waals surface area contributed by atoms with Gasteiger partial charge in [-0.2, -0.15) is 0 Å². The number of amides is 3. The predicted molar refractivity (Wildman–Crippen MR) is 80.4 cm³/mol. The maximum Gasteiger partial charge on any atom is 0.319 e. The van der Waals surface area contributed by atoms with Gasteiger partial charge < -0.3 is 20.6 Å². The number of hydrogen-bond donors (Lipinski definition) is 3. The highest BCUT2D eigenvalue weighted by Crippen LogP contribution is 2.17. The fourth-order valence-corrected chi connectivity index (χ4v) is 2.38. The summed E-state index contributed by atoms with van der Waals surface area (Å²) in [6.45, 7) is 2.18. The molecule has 0 spiro atoms. The number of para-hydroxylation sites is 1. The number of anilines is 1. The quantitative estimate of drug-likeness (QED) is 0.776. The molecule has 1 fully saturated rings. The second kappa shape index (κ2) is 6.93. The van der Waals surface area contributed by atoms with Crippen LogP contribution < -0.4 is 10.6 Å². The van der Waals surface area contributed by atoms with Crippen LogP contribution in [0.4, 0.5) is 10.5 Å². The van der Waals surface area contributed by atoms with Crippen LogP contribution in [0.2, 0.25) is 0 Å². The van der Waals surface area contributed by atoms with Crippen LogP contribution in [0.25, 0.3) is 0 Å². The van der Waals surface area contributed by atoms with E-state index in [2.05, 4.69) is 10.6 Å². The highest BCUT2D eigenvalue weighted by Gasteiger charge is 2.33. The van der Waals surface area contributed by atoms with E-state index in [1.807, 2.05) is 6.07 Å². The number of aliphatic carboxylic acids is 1. The zero-order valence-corrected chi connectivity index (χ0v) is 12.3. The predicted octanol–water partition coefficient (Wildman–Crippen LogP) is 1.13. The van der Waals surface area contributed by atoms with Gasteiger partial charge in [-0.3, -0.25) is 9.59 Å². The number of carbonyl (C=O) groups excluding carboxylic acids is 2. The van der Waals surface area contributed by atoms with Crippen molar-refractivity contribution in [3.8, 4) is 0 Å². The number of carboxylic acid groups (broad SMARTS) is 1. The first-order chi connectivity index (χ1) is 10.5. The zero-order chi connectivity index (χ0) is 16.1. The molecule has 1 aliphatic rings. The van der Waals surface area contributed by atoms with Crippen molar-refractivity contribution in [3.63, 3.8) is 0 Å². The van der Waals surface area contributed by atoms with Gasteiger partial charge in [0.05, 0.1) is 5.92 Å². The number of rotatable bonds is 4. The van der Waals surface area contributed by atoms with Gasteiger partial charge in [-0.1, -0.05) is 18.2 Å². The molecule has 2 rings (SSSR count). The standard InChI is InChI=1S/C15H19N3O4/c1-10(13(19)18-8-7-11(9-18)14(20)21)16-15(22)17-12-5-3-2-4-6-12/h2-6,10-11H,7-9H2,1H3,(H,20,21)(H2,16,17,22). The molecule has 7 heteroatoms. The third kappa shape index (κ3) is 3.97. The highest BCUT2D eigenvalue weighted by atomic mass is 16.4. The number of carboxylic acids is 1. The van der Waals surface area contributed by atoms with Crippen LogP contribution in [0.1, 0.15) is 13.3 Å². The van der Waals surface area contributed by atoms with Crippen molar-refractivity contribution in [1.82, 2.24) is 10.2 Å². The molecular formula is C15H19N3O4. The number of likely N-dealkylation sites (tertiary alicyclic amines) is 1. The van der Waals surface area contributed by atoms with Crippen molar-refractivity contribution < 1.29 is 19.5 Å². The number of nitrogens with one attached hydrogen (secondary N) is 2. The Hall–Kier alpha value is -2.57. The molecule has 7 nitrogen and oxygen atoms in total. The zero-order valence-electron chi connectivity index (χ0n) is 12.3. The number of carbonyl (C=O) groups is 3. The normalized spacial score (nSPS) is 18.6. The molecule has 1 heterocycles. The van der Waals surface area contributed by atoms with Gasteiger partial charge in [-0.05, 0) is 25.5 Å². The Morgan fingerprint density at radius 2 is 1.95 bits per heavy atom. The molecule has 1 aromatic rings. The van der Waals surface area contributed by atoms with Crippen molar-refractivity contribution in [2.24, 2.45) is 5.92 Å². The molecular weight excluding hydrogens is 286 g/mol. The van der Waals surface area contributed by atoms with E-state index < -0.39 is 24.0 Å². The lowest BCUT2D eigenvalue weighted by Gasteiger charge is -2.21. The summed E-state index contributed by atoms with van der Waals surface area (Å²) in [5.41, 5.74) is 0.631. The molecule has 0 aromatic heterocycles. The fraction of sp³-hybridized carbons (Fsp3) is 0.400. The lowest BCUT2D eigenvalue weighted by molar-refractivity contribution is -0.141. The van der Waals surface area contributed by atoms with Crippen LogP contribution in [0.5, 0.6) is 0 Å². The van der Waals surface area contributed by atoms with Gasteiger partial charge in [0.2, 0.25) is 5.91 Å². The molecule has 2 unspecified atom stereocenters. The Labute approximate surface area is 128 Å². The lowest BCUT2D eigenvalue weighted by atomic mass is 10.1. The Morgan fingerprint density at radius 3 is 2.55 bits per heavy atom. The van der Waals surface area contributed by atoms with Crippen molar-refractivity contribution in [3.05, 3.63) is 30.3 Å². The van der Waals surface area contributed by atoms with Crippen LogP contribution in [0, 0.1) is 5.92 Å². The summed E-state index contributed by atoms with van der Waals surface area (Å²) in [7, 11) is 0. The van der Waals surface area contributed by atoms with E-state index in [9.17, 15) is 14.4 Å². The minimum absolute atomic E-state index is 0.195. The monoisotopic (exact) mass is 305 g/mol. The van der Waals surface area contributed by atoms with E-state index in [4.69, 9.17) is 5.11 Å². The van der Waals surface area contributed by atoms with Crippen molar-refractivity contribution in [1.29, 1.82) is 0 Å². The summed E-state index contributed by atoms with van der Waals surface area (Å²) in [6, 6.07) is 7.72. The number of benzene rings is 1. The molecule has 22 heavy (non-hydrogen) atoms. The van der Waals surface area contributed by atoms with Crippen molar-refractivity contribution in [2.75, 3.05) is 18.4 Å². The third-order valence-electron chi connectivity index (χ3n) is 3.60. The summed E-state index contributed by atoms with van der Waals surface area (Å²) >= 11 is 0. The molecule has 3 N–H and O–H groups in total. The molecule has 3 amide bonds. The minimum Gasteiger partial charge on any atom is -0.481 e. The average molecular weight is 305 g/mol. The maximum absolute atomic E-state index is 12.2. The number of nitrogens with zero attached hydrogens (tertiary/aromatic N) is 1. The first-order valence-electron chi connectivity index (χ1n) is 7.11. The Kier molecular flexibility index (Phi) is 4.98. The van der Waals surface area contributed by atoms with Gasteiger partial charge in [-0.25, -0.2) is 4.79 Å².